The number of ether oxygens (including phenoxy) is 2. The van der Waals surface area contributed by atoms with Crippen molar-refractivity contribution in [2.24, 2.45) is 0 Å². The van der Waals surface area contributed by atoms with Gasteiger partial charge in [-0.15, -0.1) is 0 Å². The van der Waals surface area contributed by atoms with E-state index in [1.165, 1.54) is 7.11 Å². The van der Waals surface area contributed by atoms with Gasteiger partial charge in [-0.2, -0.15) is 0 Å². The molecule has 1 rings (SSSR count). The van der Waals surface area contributed by atoms with Crippen LogP contribution in [0.1, 0.15) is 29.3 Å². The number of methoxy groups -OCH3 is 1. The van der Waals surface area contributed by atoms with Crippen LogP contribution < -0.4 is 5.32 Å². The van der Waals surface area contributed by atoms with Gasteiger partial charge in [0.15, 0.2) is 0 Å². The SMILES string of the molecule is CCOC(=O)CCNCc1ccc(C(=O)OC)cc1Br. The molecular weight excluding hydrogens is 326 g/mol. The molecule has 0 aromatic heterocycles. The zero-order valence-corrected chi connectivity index (χ0v) is 13.2. The van der Waals surface area contributed by atoms with Crippen LogP contribution in [0.15, 0.2) is 22.7 Å². The lowest BCUT2D eigenvalue weighted by Gasteiger charge is -2.08. The summed E-state index contributed by atoms with van der Waals surface area (Å²) in [5, 5.41) is 3.15. The number of hydrogen-bond donors (Lipinski definition) is 1. The third-order valence-corrected chi connectivity index (χ3v) is 3.34. The lowest BCUT2D eigenvalue weighted by Crippen LogP contribution is -2.19. The van der Waals surface area contributed by atoms with E-state index in [1.54, 1.807) is 19.1 Å². The fourth-order valence-electron chi connectivity index (χ4n) is 1.58. The Kier molecular flexibility index (Phi) is 7.25. The van der Waals surface area contributed by atoms with E-state index in [9.17, 15) is 9.59 Å². The number of halogens is 1. The summed E-state index contributed by atoms with van der Waals surface area (Å²) in [7, 11) is 1.35. The summed E-state index contributed by atoms with van der Waals surface area (Å²) >= 11 is 3.41. The van der Waals surface area contributed by atoms with Crippen LogP contribution in [0, 0.1) is 0 Å². The third-order valence-electron chi connectivity index (χ3n) is 2.60. The van der Waals surface area contributed by atoms with E-state index in [2.05, 4.69) is 26.0 Å². The average Bonchev–Trinajstić information content (AvgIpc) is 2.44. The van der Waals surface area contributed by atoms with Crippen LogP contribution in [-0.2, 0) is 20.8 Å². The number of carbonyl (C=O) groups excluding carboxylic acids is 2. The van der Waals surface area contributed by atoms with Gasteiger partial charge in [0.25, 0.3) is 0 Å². The highest BCUT2D eigenvalue weighted by Gasteiger charge is 2.08. The van der Waals surface area contributed by atoms with E-state index >= 15 is 0 Å². The van der Waals surface area contributed by atoms with Crippen LogP contribution in [0.4, 0.5) is 0 Å². The van der Waals surface area contributed by atoms with Gasteiger partial charge >= 0.3 is 11.9 Å². The number of nitrogens with one attached hydrogen (secondary N) is 1. The maximum Gasteiger partial charge on any atom is 0.337 e. The van der Waals surface area contributed by atoms with E-state index < -0.39 is 0 Å². The first-order chi connectivity index (χ1) is 9.58. The molecule has 0 atom stereocenters. The second-order valence-electron chi connectivity index (χ2n) is 4.03. The van der Waals surface area contributed by atoms with Gasteiger partial charge in [-0.1, -0.05) is 22.0 Å². The maximum atomic E-state index is 11.4. The van der Waals surface area contributed by atoms with E-state index in [4.69, 9.17) is 4.74 Å². The second-order valence-corrected chi connectivity index (χ2v) is 4.88. The van der Waals surface area contributed by atoms with E-state index in [-0.39, 0.29) is 11.9 Å². The number of esters is 2. The summed E-state index contributed by atoms with van der Waals surface area (Å²) in [5.41, 5.74) is 1.50. The first kappa shape index (κ1) is 16.7. The fourth-order valence-corrected chi connectivity index (χ4v) is 2.10. The maximum absolute atomic E-state index is 11.4. The van der Waals surface area contributed by atoms with E-state index in [0.29, 0.717) is 31.7 Å². The van der Waals surface area contributed by atoms with Crippen molar-refractivity contribution in [3.8, 4) is 0 Å². The molecule has 0 heterocycles. The Balaban J connectivity index is 2.45. The summed E-state index contributed by atoms with van der Waals surface area (Å²) in [6, 6.07) is 5.26. The van der Waals surface area contributed by atoms with Gasteiger partial charge in [0.05, 0.1) is 25.7 Å². The summed E-state index contributed by atoms with van der Waals surface area (Å²) in [4.78, 5) is 22.5. The van der Waals surface area contributed by atoms with Gasteiger partial charge in [0, 0.05) is 17.6 Å². The molecule has 0 radical (unpaired) electrons. The van der Waals surface area contributed by atoms with Crippen LogP contribution in [0.5, 0.6) is 0 Å². The molecule has 0 spiro atoms. The standard InChI is InChI=1S/C14H18BrNO4/c1-3-20-13(17)6-7-16-9-11-5-4-10(8-12(11)15)14(18)19-2/h4-5,8,16H,3,6-7,9H2,1-2H3. The molecule has 0 amide bonds. The molecule has 0 aliphatic heterocycles. The Bertz CT molecular complexity index is 476. The molecule has 1 aromatic rings. The van der Waals surface area contributed by atoms with Gasteiger partial charge in [-0.05, 0) is 24.6 Å². The highest BCUT2D eigenvalue weighted by Crippen LogP contribution is 2.19. The molecule has 0 bridgehead atoms. The molecule has 110 valence electrons. The van der Waals surface area contributed by atoms with Crippen molar-refractivity contribution < 1.29 is 19.1 Å². The number of benzene rings is 1. The van der Waals surface area contributed by atoms with Gasteiger partial charge in [0.2, 0.25) is 0 Å². The quantitative estimate of drug-likeness (QED) is 0.607. The van der Waals surface area contributed by atoms with Crippen LogP contribution in [-0.4, -0.2) is 32.2 Å². The smallest absolute Gasteiger partial charge is 0.337 e. The van der Waals surface area contributed by atoms with Crippen molar-refractivity contribution in [3.63, 3.8) is 0 Å². The fraction of sp³-hybridized carbons (Fsp3) is 0.429. The Morgan fingerprint density at radius 1 is 1.35 bits per heavy atom. The predicted octanol–water partition coefficient (Wildman–Crippen LogP) is 2.28. The zero-order chi connectivity index (χ0) is 15.0. The minimum Gasteiger partial charge on any atom is -0.466 e. The molecule has 0 aliphatic rings. The van der Waals surface area contributed by atoms with Crippen molar-refractivity contribution in [2.75, 3.05) is 20.3 Å². The second kappa shape index (κ2) is 8.71. The average molecular weight is 344 g/mol. The summed E-state index contributed by atoms with van der Waals surface area (Å²) in [6.45, 7) is 3.33. The van der Waals surface area contributed by atoms with Crippen LogP contribution in [0.3, 0.4) is 0 Å². The van der Waals surface area contributed by atoms with Crippen molar-refractivity contribution >= 4 is 27.9 Å². The van der Waals surface area contributed by atoms with Gasteiger partial charge in [-0.25, -0.2) is 4.79 Å². The molecule has 0 fully saturated rings. The molecule has 1 N–H and O–H groups in total. The molecule has 1 aromatic carbocycles. The van der Waals surface area contributed by atoms with Crippen LogP contribution >= 0.6 is 15.9 Å². The van der Waals surface area contributed by atoms with Crippen molar-refractivity contribution in [1.82, 2.24) is 5.32 Å². The van der Waals surface area contributed by atoms with Crippen LogP contribution in [0.25, 0.3) is 0 Å². The first-order valence-electron chi connectivity index (χ1n) is 6.31. The molecule has 0 saturated carbocycles. The van der Waals surface area contributed by atoms with Crippen molar-refractivity contribution in [3.05, 3.63) is 33.8 Å². The van der Waals surface area contributed by atoms with Gasteiger partial charge < -0.3 is 14.8 Å². The molecule has 6 heteroatoms. The molecule has 0 aliphatic carbocycles. The molecular formula is C14H18BrNO4. The number of hydrogen-bond acceptors (Lipinski definition) is 5. The summed E-state index contributed by atoms with van der Waals surface area (Å²) < 4.78 is 10.3. The predicted molar refractivity (Wildman–Crippen MR) is 78.4 cm³/mol. The van der Waals surface area contributed by atoms with Crippen LogP contribution in [0.2, 0.25) is 0 Å². The highest BCUT2D eigenvalue weighted by atomic mass is 79.9. The van der Waals surface area contributed by atoms with Crippen molar-refractivity contribution in [2.45, 2.75) is 19.9 Å². The summed E-state index contributed by atoms with van der Waals surface area (Å²) in [5.74, 6) is -0.576. The molecule has 5 nitrogen and oxygen atoms in total. The monoisotopic (exact) mass is 343 g/mol. The summed E-state index contributed by atoms with van der Waals surface area (Å²) in [6.07, 6.45) is 0.339. The van der Waals surface area contributed by atoms with E-state index in [1.807, 2.05) is 6.07 Å². The zero-order valence-electron chi connectivity index (χ0n) is 11.6. The minimum absolute atomic E-state index is 0.208. The number of carbonyl (C=O) groups is 2. The molecule has 0 saturated heterocycles. The Hall–Kier alpha value is -1.40. The van der Waals surface area contributed by atoms with Gasteiger partial charge in [-0.3, -0.25) is 4.79 Å². The van der Waals surface area contributed by atoms with E-state index in [0.717, 1.165) is 10.0 Å². The third kappa shape index (κ3) is 5.30. The number of rotatable bonds is 7. The first-order valence-corrected chi connectivity index (χ1v) is 7.10. The molecule has 0 unspecified atom stereocenters. The largest absolute Gasteiger partial charge is 0.466 e. The van der Waals surface area contributed by atoms with Crippen molar-refractivity contribution in [1.29, 1.82) is 0 Å². The molecule has 20 heavy (non-hydrogen) atoms. The lowest BCUT2D eigenvalue weighted by molar-refractivity contribution is -0.142. The Morgan fingerprint density at radius 2 is 2.10 bits per heavy atom. The Morgan fingerprint density at radius 3 is 2.70 bits per heavy atom. The Labute approximate surface area is 126 Å². The minimum atomic E-state index is -0.368. The highest BCUT2D eigenvalue weighted by molar-refractivity contribution is 9.10. The normalized spacial score (nSPS) is 10.2. The van der Waals surface area contributed by atoms with Gasteiger partial charge in [0.1, 0.15) is 0 Å². The topological polar surface area (TPSA) is 64.6 Å². The lowest BCUT2D eigenvalue weighted by atomic mass is 10.1.